The summed E-state index contributed by atoms with van der Waals surface area (Å²) < 4.78 is 12.6. The number of aryl methyl sites for hydroxylation is 1. The van der Waals surface area contributed by atoms with Gasteiger partial charge in [-0.25, -0.2) is 0 Å². The fourth-order valence-corrected chi connectivity index (χ4v) is 4.83. The Morgan fingerprint density at radius 3 is 2.83 bits per heavy atom. The molecule has 2 atom stereocenters. The average Bonchev–Trinajstić information content (AvgIpc) is 3.34. The van der Waals surface area contributed by atoms with Crippen LogP contribution in [-0.2, 0) is 4.74 Å². The molecular weight excluding hydrogens is 462 g/mol. The Morgan fingerprint density at radius 1 is 1.23 bits per heavy atom. The number of nitrogens with one attached hydrogen (secondary N) is 1. The fourth-order valence-electron chi connectivity index (χ4n) is 3.81. The van der Waals surface area contributed by atoms with Gasteiger partial charge in [0.1, 0.15) is 17.6 Å². The number of pyridine rings is 1. The maximum Gasteiger partial charge on any atom is 0.170 e. The molecule has 1 saturated heterocycles. The number of rotatable bonds is 7. The lowest BCUT2D eigenvalue weighted by Crippen LogP contribution is -2.31. The van der Waals surface area contributed by atoms with Crippen molar-refractivity contribution in [1.82, 2.24) is 15.2 Å². The topological polar surface area (TPSA) is 50.5 Å². The summed E-state index contributed by atoms with van der Waals surface area (Å²) in [5, 5.41) is 4.16. The average molecular weight is 486 g/mol. The van der Waals surface area contributed by atoms with Gasteiger partial charge >= 0.3 is 0 Å². The summed E-state index contributed by atoms with van der Waals surface area (Å²) in [6.45, 7) is 3.53. The van der Waals surface area contributed by atoms with E-state index in [0.29, 0.717) is 11.7 Å². The maximum atomic E-state index is 6.38. The van der Waals surface area contributed by atoms with Crippen molar-refractivity contribution in [2.75, 3.05) is 20.3 Å². The van der Waals surface area contributed by atoms with E-state index < -0.39 is 0 Å². The van der Waals surface area contributed by atoms with Gasteiger partial charge in [0.25, 0.3) is 0 Å². The number of hydrogen-bond donors (Lipinski definition) is 1. The van der Waals surface area contributed by atoms with Crippen LogP contribution in [0.4, 0.5) is 0 Å². The number of thiocarbonyl (C=S) groups is 1. The van der Waals surface area contributed by atoms with E-state index in [9.17, 15) is 0 Å². The molecule has 30 heavy (non-hydrogen) atoms. The van der Waals surface area contributed by atoms with Crippen molar-refractivity contribution in [1.29, 1.82) is 0 Å². The summed E-state index contributed by atoms with van der Waals surface area (Å²) in [4.78, 5) is 6.75. The van der Waals surface area contributed by atoms with Crippen molar-refractivity contribution in [2.24, 2.45) is 0 Å². The fraction of sp³-hybridized carbons (Fsp3) is 0.304. The van der Waals surface area contributed by atoms with Crippen LogP contribution in [0.5, 0.6) is 0 Å². The van der Waals surface area contributed by atoms with Gasteiger partial charge in [-0.15, -0.1) is 0 Å². The Labute approximate surface area is 190 Å². The Bertz CT molecular complexity index is 1020. The lowest BCUT2D eigenvalue weighted by Gasteiger charge is -2.26. The molecule has 1 aliphatic rings. The van der Waals surface area contributed by atoms with E-state index in [1.807, 2.05) is 36.5 Å². The molecule has 3 aromatic rings. The number of hydrogen-bond acceptors (Lipinski definition) is 4. The van der Waals surface area contributed by atoms with Gasteiger partial charge in [-0.3, -0.25) is 4.98 Å². The van der Waals surface area contributed by atoms with Crippen LogP contribution >= 0.6 is 28.1 Å². The van der Waals surface area contributed by atoms with Crippen molar-refractivity contribution in [2.45, 2.75) is 25.4 Å². The molecule has 0 bridgehead atoms. The molecule has 0 aliphatic carbocycles. The van der Waals surface area contributed by atoms with Gasteiger partial charge in [0.05, 0.1) is 11.7 Å². The van der Waals surface area contributed by atoms with Crippen LogP contribution in [0.1, 0.15) is 35.5 Å². The Morgan fingerprint density at radius 2 is 2.10 bits per heavy atom. The van der Waals surface area contributed by atoms with E-state index in [1.165, 1.54) is 5.56 Å². The van der Waals surface area contributed by atoms with Crippen molar-refractivity contribution < 1.29 is 9.15 Å². The van der Waals surface area contributed by atoms with Crippen LogP contribution in [0.2, 0.25) is 0 Å². The first-order valence-corrected chi connectivity index (χ1v) is 11.1. The number of methoxy groups -OCH3 is 1. The van der Waals surface area contributed by atoms with E-state index >= 15 is 0 Å². The zero-order valence-corrected chi connectivity index (χ0v) is 19.4. The van der Waals surface area contributed by atoms with Crippen LogP contribution < -0.4 is 5.32 Å². The first-order valence-electron chi connectivity index (χ1n) is 9.91. The van der Waals surface area contributed by atoms with Gasteiger partial charge in [0, 0.05) is 36.5 Å². The van der Waals surface area contributed by atoms with E-state index in [4.69, 9.17) is 21.4 Å². The van der Waals surface area contributed by atoms with Gasteiger partial charge in [-0.1, -0.05) is 28.1 Å². The number of nitrogens with zero attached hydrogens (tertiary/aromatic N) is 2. The smallest absolute Gasteiger partial charge is 0.170 e. The molecule has 7 heteroatoms. The van der Waals surface area contributed by atoms with Crippen LogP contribution in [0.3, 0.4) is 0 Å². The summed E-state index contributed by atoms with van der Waals surface area (Å²) in [6, 6.07) is 16.1. The SMILES string of the molecule is COCCCN1C(=S)N[C@@H](c2ccccn2)[C@H]1c1ccc(-c2ccc(C)cc2Br)o1. The Hall–Kier alpha value is -2.22. The molecule has 1 aliphatic heterocycles. The van der Waals surface area contributed by atoms with Gasteiger partial charge in [-0.05, 0) is 67.5 Å². The van der Waals surface area contributed by atoms with E-state index in [0.717, 1.165) is 40.2 Å². The van der Waals surface area contributed by atoms with Crippen LogP contribution in [0.25, 0.3) is 11.3 Å². The zero-order valence-electron chi connectivity index (χ0n) is 17.0. The second-order valence-electron chi connectivity index (χ2n) is 7.35. The van der Waals surface area contributed by atoms with Crippen LogP contribution in [0, 0.1) is 6.92 Å². The molecule has 0 amide bonds. The van der Waals surface area contributed by atoms with Gasteiger partial charge in [0.2, 0.25) is 0 Å². The number of aromatic nitrogens is 1. The highest BCUT2D eigenvalue weighted by molar-refractivity contribution is 9.10. The lowest BCUT2D eigenvalue weighted by atomic mass is 10.0. The summed E-state index contributed by atoms with van der Waals surface area (Å²) in [5.74, 6) is 1.68. The quantitative estimate of drug-likeness (QED) is 0.356. The van der Waals surface area contributed by atoms with E-state index in [2.05, 4.69) is 56.3 Å². The lowest BCUT2D eigenvalue weighted by molar-refractivity contribution is 0.177. The molecule has 1 aromatic carbocycles. The predicted octanol–water partition coefficient (Wildman–Crippen LogP) is 5.42. The molecular formula is C23H24BrN3O2S. The van der Waals surface area contributed by atoms with Crippen molar-refractivity contribution in [3.8, 4) is 11.3 Å². The zero-order chi connectivity index (χ0) is 21.1. The number of benzene rings is 1. The third-order valence-electron chi connectivity index (χ3n) is 5.25. The number of ether oxygens (including phenoxy) is 1. The van der Waals surface area contributed by atoms with Crippen LogP contribution in [-0.4, -0.2) is 35.3 Å². The minimum absolute atomic E-state index is 0.0813. The summed E-state index contributed by atoms with van der Waals surface area (Å²) in [7, 11) is 1.72. The molecule has 1 fully saturated rings. The predicted molar refractivity (Wildman–Crippen MR) is 125 cm³/mol. The minimum atomic E-state index is -0.0818. The van der Waals surface area contributed by atoms with Gasteiger partial charge in [0.15, 0.2) is 5.11 Å². The minimum Gasteiger partial charge on any atom is -0.459 e. The second kappa shape index (κ2) is 9.29. The molecule has 2 aromatic heterocycles. The molecule has 0 radical (unpaired) electrons. The number of halogens is 1. The largest absolute Gasteiger partial charge is 0.459 e. The molecule has 156 valence electrons. The summed E-state index contributed by atoms with van der Waals surface area (Å²) in [5.41, 5.74) is 3.16. The highest BCUT2D eigenvalue weighted by Gasteiger charge is 2.41. The molecule has 0 saturated carbocycles. The van der Waals surface area contributed by atoms with Crippen molar-refractivity contribution in [3.05, 3.63) is 76.2 Å². The third-order valence-corrected chi connectivity index (χ3v) is 6.26. The van der Waals surface area contributed by atoms with Crippen molar-refractivity contribution >= 4 is 33.3 Å². The summed E-state index contributed by atoms with van der Waals surface area (Å²) >= 11 is 9.34. The first-order chi connectivity index (χ1) is 14.6. The highest BCUT2D eigenvalue weighted by atomic mass is 79.9. The maximum absolute atomic E-state index is 6.38. The molecule has 0 unspecified atom stereocenters. The molecule has 5 nitrogen and oxygen atoms in total. The first kappa shape index (κ1) is 21.0. The monoisotopic (exact) mass is 485 g/mol. The Balaban J connectivity index is 1.69. The standard InChI is InChI=1S/C23H24BrN3O2S/c1-15-7-8-16(17(24)14-15)19-9-10-20(29-19)22-21(18-6-3-4-11-25-18)26-23(30)27(22)12-5-13-28-2/h3-4,6-11,14,21-22H,5,12-13H2,1-2H3,(H,26,30)/t21-,22+/m0/s1. The van der Waals surface area contributed by atoms with Crippen LogP contribution in [0.15, 0.2) is 63.6 Å². The number of furan rings is 1. The normalized spacial score (nSPS) is 18.6. The van der Waals surface area contributed by atoms with E-state index in [-0.39, 0.29) is 12.1 Å². The molecule has 1 N–H and O–H groups in total. The van der Waals surface area contributed by atoms with Crippen molar-refractivity contribution in [3.63, 3.8) is 0 Å². The summed E-state index contributed by atoms with van der Waals surface area (Å²) in [6.07, 6.45) is 2.68. The third kappa shape index (κ3) is 4.29. The second-order valence-corrected chi connectivity index (χ2v) is 8.59. The molecule has 4 rings (SSSR count). The highest BCUT2D eigenvalue weighted by Crippen LogP contribution is 2.41. The van der Waals surface area contributed by atoms with Gasteiger partial charge in [-0.2, -0.15) is 0 Å². The van der Waals surface area contributed by atoms with E-state index in [1.54, 1.807) is 7.11 Å². The molecule has 0 spiro atoms. The molecule has 3 heterocycles. The van der Waals surface area contributed by atoms with Gasteiger partial charge < -0.3 is 19.4 Å². The Kier molecular flexibility index (Phi) is 6.51.